The molecule has 2 aliphatic rings. The molecule has 16 heavy (non-hydrogen) atoms. The molecule has 0 saturated heterocycles. The number of nitrogens with two attached hydrogens (primary N) is 1. The third-order valence-corrected chi connectivity index (χ3v) is 3.38. The van der Waals surface area contributed by atoms with Gasteiger partial charge < -0.3 is 10.7 Å². The molecule has 0 spiro atoms. The summed E-state index contributed by atoms with van der Waals surface area (Å²) in [6, 6.07) is 9.17. The lowest BCUT2D eigenvalue weighted by molar-refractivity contribution is 0.899. The molecule has 0 atom stereocenters. The quantitative estimate of drug-likeness (QED) is 0.695. The Bertz CT molecular complexity index is 494. The van der Waals surface area contributed by atoms with Crippen LogP contribution in [0.2, 0.25) is 0 Å². The second-order valence-corrected chi connectivity index (χ2v) is 4.82. The van der Waals surface area contributed by atoms with E-state index in [0.29, 0.717) is 6.04 Å². The third kappa shape index (κ3) is 1.85. The van der Waals surface area contributed by atoms with Crippen LogP contribution in [-0.2, 0) is 12.8 Å². The summed E-state index contributed by atoms with van der Waals surface area (Å²) >= 11 is 0. The topological polar surface area (TPSA) is 41.8 Å². The number of aromatic nitrogens is 1. The summed E-state index contributed by atoms with van der Waals surface area (Å²) in [5.74, 6) is 0. The Morgan fingerprint density at radius 1 is 1.12 bits per heavy atom. The van der Waals surface area contributed by atoms with Crippen LogP contribution in [-0.4, -0.2) is 11.0 Å². The van der Waals surface area contributed by atoms with Crippen molar-refractivity contribution in [1.29, 1.82) is 0 Å². The van der Waals surface area contributed by atoms with E-state index >= 15 is 0 Å². The van der Waals surface area contributed by atoms with Gasteiger partial charge in [0.25, 0.3) is 0 Å². The molecule has 2 nitrogen and oxygen atoms in total. The van der Waals surface area contributed by atoms with Gasteiger partial charge in [-0.1, -0.05) is 18.2 Å². The maximum Gasteiger partial charge on any atom is 0.0458 e. The van der Waals surface area contributed by atoms with Crippen molar-refractivity contribution >= 4 is 10.9 Å². The van der Waals surface area contributed by atoms with Crippen LogP contribution in [0.5, 0.6) is 0 Å². The van der Waals surface area contributed by atoms with E-state index in [1.165, 1.54) is 48.7 Å². The summed E-state index contributed by atoms with van der Waals surface area (Å²) in [5.41, 5.74) is 9.56. The monoisotopic (exact) mass is 214 g/mol. The Morgan fingerprint density at radius 3 is 2.62 bits per heavy atom. The van der Waals surface area contributed by atoms with E-state index in [9.17, 15) is 0 Å². The first-order valence-corrected chi connectivity index (χ1v) is 6.18. The van der Waals surface area contributed by atoms with Crippen molar-refractivity contribution in [2.45, 2.75) is 38.1 Å². The smallest absolute Gasteiger partial charge is 0.0458 e. The lowest BCUT2D eigenvalue weighted by Crippen LogP contribution is -1.94. The van der Waals surface area contributed by atoms with E-state index in [1.807, 2.05) is 0 Å². The van der Waals surface area contributed by atoms with Crippen molar-refractivity contribution in [2.75, 3.05) is 0 Å². The summed E-state index contributed by atoms with van der Waals surface area (Å²) in [5, 5.41) is 1.44. The first-order valence-electron chi connectivity index (χ1n) is 6.18. The number of aromatic amines is 1. The van der Waals surface area contributed by atoms with Crippen molar-refractivity contribution in [2.24, 2.45) is 5.73 Å². The number of hydrogen-bond acceptors (Lipinski definition) is 1. The molecule has 3 N–H and O–H groups in total. The number of fused-ring (bicyclic) bond motifs is 3. The van der Waals surface area contributed by atoms with E-state index in [4.69, 9.17) is 5.73 Å². The number of hydrogen-bond donors (Lipinski definition) is 2. The molecule has 4 rings (SSSR count). The highest BCUT2D eigenvalue weighted by Gasteiger charge is 2.15. The molecule has 1 heterocycles. The molecular formula is C14H18N2. The normalized spacial score (nSPS) is 18.1. The fourth-order valence-electron chi connectivity index (χ4n) is 2.29. The molecule has 0 aliphatic heterocycles. The van der Waals surface area contributed by atoms with Gasteiger partial charge in [0.2, 0.25) is 0 Å². The Morgan fingerprint density at radius 2 is 1.88 bits per heavy atom. The molecule has 84 valence electrons. The van der Waals surface area contributed by atoms with Crippen molar-refractivity contribution in [3.8, 4) is 0 Å². The van der Waals surface area contributed by atoms with Crippen LogP contribution in [0.1, 0.15) is 30.5 Å². The van der Waals surface area contributed by atoms with Crippen molar-refractivity contribution < 1.29 is 0 Å². The SMILES string of the molecule is NC1CC1.c1ccc2c3c([nH]c2c1)CCC3. The number of para-hydroxylation sites is 1. The van der Waals surface area contributed by atoms with Gasteiger partial charge in [-0.2, -0.15) is 0 Å². The van der Waals surface area contributed by atoms with Gasteiger partial charge in [-0.25, -0.2) is 0 Å². The largest absolute Gasteiger partial charge is 0.358 e. The van der Waals surface area contributed by atoms with Crippen molar-refractivity contribution in [3.05, 3.63) is 35.5 Å². The first-order chi connectivity index (χ1) is 7.84. The fourth-order valence-corrected chi connectivity index (χ4v) is 2.29. The predicted molar refractivity (Wildman–Crippen MR) is 67.5 cm³/mol. The molecule has 1 saturated carbocycles. The molecular weight excluding hydrogens is 196 g/mol. The van der Waals surface area contributed by atoms with Crippen molar-refractivity contribution in [1.82, 2.24) is 4.98 Å². The van der Waals surface area contributed by atoms with Crippen LogP contribution in [0.4, 0.5) is 0 Å². The standard InChI is InChI=1S/C11H11N.C3H7N/c1-2-6-10-8(4-1)9-5-3-7-11(9)12-10;4-3-1-2-3/h1-2,4,6,12H,3,5,7H2;3H,1-2,4H2. The second kappa shape index (κ2) is 3.95. The zero-order valence-corrected chi connectivity index (χ0v) is 9.50. The van der Waals surface area contributed by atoms with Gasteiger partial charge in [0.1, 0.15) is 0 Å². The molecule has 2 aliphatic carbocycles. The Balaban J connectivity index is 0.000000172. The van der Waals surface area contributed by atoms with E-state index < -0.39 is 0 Å². The van der Waals surface area contributed by atoms with E-state index in [2.05, 4.69) is 29.2 Å². The van der Waals surface area contributed by atoms with E-state index in [1.54, 1.807) is 5.56 Å². The summed E-state index contributed by atoms with van der Waals surface area (Å²) in [6.07, 6.45) is 6.36. The number of aryl methyl sites for hydroxylation is 2. The van der Waals surface area contributed by atoms with Gasteiger partial charge in [-0.05, 0) is 43.7 Å². The van der Waals surface area contributed by atoms with Gasteiger partial charge in [0, 0.05) is 22.6 Å². The van der Waals surface area contributed by atoms with Gasteiger partial charge >= 0.3 is 0 Å². The highest BCUT2D eigenvalue weighted by Crippen LogP contribution is 2.29. The molecule has 2 aromatic rings. The average Bonchev–Trinajstić information content (AvgIpc) is 2.81. The lowest BCUT2D eigenvalue weighted by Gasteiger charge is -1.90. The predicted octanol–water partition coefficient (Wildman–Crippen LogP) is 2.76. The summed E-state index contributed by atoms with van der Waals surface area (Å²) in [4.78, 5) is 3.48. The minimum absolute atomic E-state index is 0.583. The molecule has 2 heteroatoms. The molecule has 1 fully saturated rings. The van der Waals surface area contributed by atoms with Crippen LogP contribution in [0.15, 0.2) is 24.3 Å². The van der Waals surface area contributed by atoms with Crippen LogP contribution in [0.3, 0.4) is 0 Å². The summed E-state index contributed by atoms with van der Waals surface area (Å²) in [6.45, 7) is 0. The molecule has 0 amide bonds. The van der Waals surface area contributed by atoms with E-state index in [-0.39, 0.29) is 0 Å². The molecule has 0 unspecified atom stereocenters. The molecule has 0 radical (unpaired) electrons. The van der Waals surface area contributed by atoms with E-state index in [0.717, 1.165) is 0 Å². The van der Waals surface area contributed by atoms with Gasteiger partial charge in [-0.3, -0.25) is 0 Å². The number of nitrogens with one attached hydrogen (secondary N) is 1. The average molecular weight is 214 g/mol. The van der Waals surface area contributed by atoms with Crippen molar-refractivity contribution in [3.63, 3.8) is 0 Å². The highest BCUT2D eigenvalue weighted by molar-refractivity contribution is 5.85. The van der Waals surface area contributed by atoms with Crippen LogP contribution >= 0.6 is 0 Å². The lowest BCUT2D eigenvalue weighted by atomic mass is 10.1. The third-order valence-electron chi connectivity index (χ3n) is 3.38. The second-order valence-electron chi connectivity index (χ2n) is 4.82. The maximum atomic E-state index is 5.22. The molecule has 1 aromatic carbocycles. The Kier molecular flexibility index (Phi) is 2.44. The van der Waals surface area contributed by atoms with Gasteiger partial charge in [-0.15, -0.1) is 0 Å². The maximum absolute atomic E-state index is 5.22. The molecule has 0 bridgehead atoms. The van der Waals surface area contributed by atoms with Gasteiger partial charge in [0.05, 0.1) is 0 Å². The Labute approximate surface area is 95.8 Å². The fraction of sp³-hybridized carbons (Fsp3) is 0.429. The van der Waals surface area contributed by atoms with Crippen LogP contribution < -0.4 is 5.73 Å². The molecule has 1 aromatic heterocycles. The van der Waals surface area contributed by atoms with Crippen LogP contribution in [0, 0.1) is 0 Å². The minimum atomic E-state index is 0.583. The zero-order valence-electron chi connectivity index (χ0n) is 9.50. The highest BCUT2D eigenvalue weighted by atomic mass is 14.7. The summed E-state index contributed by atoms with van der Waals surface area (Å²) in [7, 11) is 0. The van der Waals surface area contributed by atoms with Crippen LogP contribution in [0.25, 0.3) is 10.9 Å². The Hall–Kier alpha value is -1.28. The number of rotatable bonds is 0. The minimum Gasteiger partial charge on any atom is -0.358 e. The number of benzene rings is 1. The summed E-state index contributed by atoms with van der Waals surface area (Å²) < 4.78 is 0. The first kappa shape index (κ1) is 9.91. The number of H-pyrrole nitrogens is 1. The van der Waals surface area contributed by atoms with Gasteiger partial charge in [0.15, 0.2) is 0 Å². The zero-order chi connectivity index (χ0) is 11.0.